The smallest absolute Gasteiger partial charge is 0.353 e. The first kappa shape index (κ1) is 18.1. The normalized spacial score (nSPS) is 15.1. The van der Waals surface area contributed by atoms with E-state index in [0.29, 0.717) is 23.5 Å². The van der Waals surface area contributed by atoms with Gasteiger partial charge in [0.15, 0.2) is 0 Å². The third kappa shape index (κ3) is 2.60. The van der Waals surface area contributed by atoms with E-state index in [0.717, 1.165) is 22.3 Å². The average molecular weight is 433 g/mol. The summed E-state index contributed by atoms with van der Waals surface area (Å²) in [5.41, 5.74) is -0.514. The van der Waals surface area contributed by atoms with Gasteiger partial charge in [0.2, 0.25) is 0 Å². The molecule has 0 saturated carbocycles. The molecule has 1 aromatic heterocycles. The van der Waals surface area contributed by atoms with E-state index in [9.17, 15) is 13.2 Å². The predicted octanol–water partition coefficient (Wildman–Crippen LogP) is 5.86. The fourth-order valence-corrected chi connectivity index (χ4v) is 3.83. The molecular formula is C17H14BrClF3N3. The Kier molecular flexibility index (Phi) is 4.28. The summed E-state index contributed by atoms with van der Waals surface area (Å²) in [6.45, 7) is 9.48. The van der Waals surface area contributed by atoms with Crippen molar-refractivity contribution >= 4 is 33.3 Å². The van der Waals surface area contributed by atoms with Gasteiger partial charge in [0.05, 0.1) is 26.4 Å². The number of alkyl halides is 3. The number of anilines is 1. The maximum Gasteiger partial charge on any atom is 0.416 e. The third-order valence-corrected chi connectivity index (χ3v) is 5.37. The van der Waals surface area contributed by atoms with Crippen molar-refractivity contribution in [2.24, 2.45) is 0 Å². The Bertz CT molecular complexity index is 878. The summed E-state index contributed by atoms with van der Waals surface area (Å²) in [6.07, 6.45) is -0.870. The number of rotatable bonds is 3. The maximum atomic E-state index is 13.3. The van der Waals surface area contributed by atoms with E-state index in [2.05, 4.69) is 39.5 Å². The summed E-state index contributed by atoms with van der Waals surface area (Å²) < 4.78 is 42.0. The van der Waals surface area contributed by atoms with Crippen LogP contribution < -0.4 is 5.32 Å². The second-order valence-corrected chi connectivity index (χ2v) is 6.83. The van der Waals surface area contributed by atoms with E-state index in [-0.39, 0.29) is 5.02 Å². The molecule has 1 aliphatic rings. The molecule has 2 aromatic rings. The number of aromatic nitrogens is 2. The molecular weight excluding hydrogens is 419 g/mol. The molecule has 1 aliphatic heterocycles. The van der Waals surface area contributed by atoms with Gasteiger partial charge >= 0.3 is 6.18 Å². The largest absolute Gasteiger partial charge is 0.416 e. The van der Waals surface area contributed by atoms with Crippen molar-refractivity contribution in [3.63, 3.8) is 0 Å². The van der Waals surface area contributed by atoms with Crippen LogP contribution in [0.1, 0.15) is 23.7 Å². The lowest BCUT2D eigenvalue weighted by atomic mass is 9.86. The van der Waals surface area contributed by atoms with Crippen LogP contribution in [-0.2, 0) is 18.1 Å². The molecule has 3 nitrogen and oxygen atoms in total. The summed E-state index contributed by atoms with van der Waals surface area (Å²) in [7, 11) is 0. The van der Waals surface area contributed by atoms with Crippen molar-refractivity contribution in [3.8, 4) is 5.69 Å². The molecule has 3 rings (SSSR count). The molecule has 0 unspecified atom stereocenters. The monoisotopic (exact) mass is 431 g/mol. The van der Waals surface area contributed by atoms with Gasteiger partial charge in [-0.05, 0) is 34.5 Å². The number of halogens is 5. The van der Waals surface area contributed by atoms with Crippen molar-refractivity contribution in [1.29, 1.82) is 0 Å². The SMILES string of the molecule is C=CC1(C=C)Nc2c(Br)c(CC)nn2-c2c(Cl)cc(C(F)(F)F)cc21. The Morgan fingerprint density at radius 2 is 2.00 bits per heavy atom. The number of nitrogens with one attached hydrogen (secondary N) is 1. The Morgan fingerprint density at radius 1 is 1.36 bits per heavy atom. The fourth-order valence-electron chi connectivity index (χ4n) is 2.90. The van der Waals surface area contributed by atoms with Crippen molar-refractivity contribution in [2.45, 2.75) is 25.1 Å². The van der Waals surface area contributed by atoms with Gasteiger partial charge in [-0.2, -0.15) is 18.3 Å². The predicted molar refractivity (Wildman–Crippen MR) is 96.3 cm³/mol. The van der Waals surface area contributed by atoms with Crippen LogP contribution in [0.2, 0.25) is 5.02 Å². The number of aryl methyl sites for hydroxylation is 1. The first-order valence-electron chi connectivity index (χ1n) is 7.42. The lowest BCUT2D eigenvalue weighted by molar-refractivity contribution is -0.137. The zero-order chi connectivity index (χ0) is 18.6. The zero-order valence-corrected chi connectivity index (χ0v) is 15.6. The molecule has 25 heavy (non-hydrogen) atoms. The van der Waals surface area contributed by atoms with E-state index in [1.165, 1.54) is 16.8 Å². The second kappa shape index (κ2) is 5.92. The van der Waals surface area contributed by atoms with Crippen LogP contribution in [0.15, 0.2) is 41.9 Å². The average Bonchev–Trinajstić information content (AvgIpc) is 2.88. The van der Waals surface area contributed by atoms with Crippen molar-refractivity contribution in [1.82, 2.24) is 9.78 Å². The van der Waals surface area contributed by atoms with Crippen molar-refractivity contribution in [3.05, 3.63) is 63.8 Å². The number of nitrogens with zero attached hydrogens (tertiary/aromatic N) is 2. The number of fused-ring (bicyclic) bond motifs is 3. The van der Waals surface area contributed by atoms with Crippen molar-refractivity contribution < 1.29 is 13.2 Å². The molecule has 0 spiro atoms. The van der Waals surface area contributed by atoms with Gasteiger partial charge in [0, 0.05) is 5.56 Å². The highest BCUT2D eigenvalue weighted by molar-refractivity contribution is 9.10. The molecule has 8 heteroatoms. The molecule has 1 N–H and O–H groups in total. The van der Waals surface area contributed by atoms with Crippen LogP contribution in [0, 0.1) is 0 Å². The van der Waals surface area contributed by atoms with Gasteiger partial charge in [0.1, 0.15) is 11.4 Å². The summed E-state index contributed by atoms with van der Waals surface area (Å²) in [4.78, 5) is 0. The highest BCUT2D eigenvalue weighted by Crippen LogP contribution is 2.47. The summed E-state index contributed by atoms with van der Waals surface area (Å²) in [5.74, 6) is 0.589. The molecule has 0 radical (unpaired) electrons. The van der Waals surface area contributed by atoms with Crippen LogP contribution in [0.3, 0.4) is 0 Å². The van der Waals surface area contributed by atoms with Crippen LogP contribution in [0.25, 0.3) is 5.69 Å². The summed E-state index contributed by atoms with van der Waals surface area (Å²) in [5, 5.41) is 7.61. The highest BCUT2D eigenvalue weighted by Gasteiger charge is 2.41. The molecule has 1 aromatic carbocycles. The molecule has 0 bridgehead atoms. The Morgan fingerprint density at radius 3 is 2.52 bits per heavy atom. The van der Waals surface area contributed by atoms with Crippen LogP contribution in [-0.4, -0.2) is 9.78 Å². The van der Waals surface area contributed by atoms with Crippen LogP contribution >= 0.6 is 27.5 Å². The quantitative estimate of drug-likeness (QED) is 0.616. The second-order valence-electron chi connectivity index (χ2n) is 5.63. The zero-order valence-electron chi connectivity index (χ0n) is 13.2. The van der Waals surface area contributed by atoms with E-state index < -0.39 is 17.3 Å². The van der Waals surface area contributed by atoms with Crippen molar-refractivity contribution in [2.75, 3.05) is 5.32 Å². The minimum atomic E-state index is -4.52. The Balaban J connectivity index is 2.42. The minimum absolute atomic E-state index is 0.0432. The highest BCUT2D eigenvalue weighted by atomic mass is 79.9. The van der Waals surface area contributed by atoms with Gasteiger partial charge in [0.25, 0.3) is 0 Å². The first-order valence-corrected chi connectivity index (χ1v) is 8.60. The van der Waals surface area contributed by atoms with Gasteiger partial charge in [-0.15, -0.1) is 13.2 Å². The molecule has 2 heterocycles. The minimum Gasteiger partial charge on any atom is -0.353 e. The molecule has 0 fully saturated rings. The third-order valence-electron chi connectivity index (χ3n) is 4.25. The first-order chi connectivity index (χ1) is 11.7. The van der Waals surface area contributed by atoms with Crippen LogP contribution in [0.5, 0.6) is 0 Å². The Labute approximate surface area is 156 Å². The number of benzene rings is 1. The Hall–Kier alpha value is -1.73. The fraction of sp³-hybridized carbons (Fsp3) is 0.235. The molecule has 0 aliphatic carbocycles. The molecule has 0 saturated heterocycles. The molecule has 0 amide bonds. The van der Waals surface area contributed by atoms with Gasteiger partial charge in [-0.3, -0.25) is 0 Å². The standard InChI is InChI=1S/C17H14BrClF3N3/c1-4-12-13(18)15-23-16(5-2,6-3)10-7-9(17(20,21)22)8-11(19)14(10)25(15)24-12/h5-8,23H,2-4H2,1H3. The van der Waals surface area contributed by atoms with E-state index in [4.69, 9.17) is 11.6 Å². The maximum absolute atomic E-state index is 13.3. The summed E-state index contributed by atoms with van der Waals surface area (Å²) >= 11 is 9.75. The van der Waals surface area contributed by atoms with E-state index in [1.54, 1.807) is 0 Å². The van der Waals surface area contributed by atoms with E-state index >= 15 is 0 Å². The number of hydrogen-bond acceptors (Lipinski definition) is 2. The molecule has 0 atom stereocenters. The van der Waals surface area contributed by atoms with Crippen LogP contribution in [0.4, 0.5) is 19.0 Å². The van der Waals surface area contributed by atoms with E-state index in [1.807, 2.05) is 6.92 Å². The molecule has 132 valence electrons. The van der Waals surface area contributed by atoms with Gasteiger partial charge in [-0.25, -0.2) is 4.68 Å². The summed E-state index contributed by atoms with van der Waals surface area (Å²) in [6, 6.07) is 1.97. The lowest BCUT2D eigenvalue weighted by Gasteiger charge is -2.37. The number of hydrogen-bond donors (Lipinski definition) is 1. The van der Waals surface area contributed by atoms with Gasteiger partial charge < -0.3 is 5.32 Å². The lowest BCUT2D eigenvalue weighted by Crippen LogP contribution is -2.37. The van der Waals surface area contributed by atoms with Gasteiger partial charge in [-0.1, -0.05) is 30.7 Å². The topological polar surface area (TPSA) is 29.9 Å².